The molecule has 1 amide bonds. The number of amides is 1. The molecule has 0 bridgehead atoms. The number of para-hydroxylation sites is 2. The molecule has 0 N–H and O–H groups in total. The van der Waals surface area contributed by atoms with Crippen molar-refractivity contribution in [3.05, 3.63) is 60.2 Å². The summed E-state index contributed by atoms with van der Waals surface area (Å²) in [6.07, 6.45) is 1.25. The molecule has 0 aliphatic carbocycles. The molecule has 28 heavy (non-hydrogen) atoms. The van der Waals surface area contributed by atoms with Crippen molar-refractivity contribution in [3.63, 3.8) is 0 Å². The van der Waals surface area contributed by atoms with E-state index in [0.29, 0.717) is 43.0 Å². The highest BCUT2D eigenvalue weighted by Crippen LogP contribution is 2.20. The van der Waals surface area contributed by atoms with Crippen LogP contribution in [0, 0.1) is 5.82 Å². The third-order valence-electron chi connectivity index (χ3n) is 4.73. The van der Waals surface area contributed by atoms with Crippen LogP contribution in [0.15, 0.2) is 53.3 Å². The Hall–Kier alpha value is -3.42. The minimum Gasteiger partial charge on any atom is -0.452 e. The summed E-state index contributed by atoms with van der Waals surface area (Å²) in [5.41, 5.74) is 1.66. The van der Waals surface area contributed by atoms with Gasteiger partial charge >= 0.3 is 5.97 Å². The molecule has 1 aliphatic rings. The van der Waals surface area contributed by atoms with Crippen molar-refractivity contribution in [2.75, 3.05) is 37.7 Å². The molecule has 0 atom stereocenters. The van der Waals surface area contributed by atoms with Gasteiger partial charge in [0.25, 0.3) is 5.91 Å². The van der Waals surface area contributed by atoms with Crippen LogP contribution >= 0.6 is 0 Å². The van der Waals surface area contributed by atoms with E-state index in [9.17, 15) is 14.0 Å². The lowest BCUT2D eigenvalue weighted by molar-refractivity contribution is -0.134. The van der Waals surface area contributed by atoms with Gasteiger partial charge in [-0.2, -0.15) is 0 Å². The predicted octanol–water partition coefficient (Wildman–Crippen LogP) is 2.47. The smallest absolute Gasteiger partial charge is 0.340 e. The Kier molecular flexibility index (Phi) is 4.92. The molecular weight excluding hydrogens is 365 g/mol. The number of piperazine rings is 1. The van der Waals surface area contributed by atoms with Crippen molar-refractivity contribution < 1.29 is 23.1 Å². The molecule has 0 saturated carbocycles. The van der Waals surface area contributed by atoms with Crippen LogP contribution in [0.2, 0.25) is 0 Å². The number of anilines is 1. The number of rotatable bonds is 4. The van der Waals surface area contributed by atoms with Crippen molar-refractivity contribution in [2.45, 2.75) is 0 Å². The van der Waals surface area contributed by atoms with Gasteiger partial charge in [-0.3, -0.25) is 4.79 Å². The lowest BCUT2D eigenvalue weighted by Crippen LogP contribution is -2.50. The van der Waals surface area contributed by atoms with Gasteiger partial charge in [0.05, 0.1) is 11.3 Å². The topological polar surface area (TPSA) is 75.9 Å². The lowest BCUT2D eigenvalue weighted by Gasteiger charge is -2.36. The molecule has 0 radical (unpaired) electrons. The number of hydrogen-bond donors (Lipinski definition) is 0. The first-order valence-corrected chi connectivity index (χ1v) is 8.90. The van der Waals surface area contributed by atoms with Crippen molar-refractivity contribution >= 4 is 28.7 Å². The Bertz CT molecular complexity index is 1010. The summed E-state index contributed by atoms with van der Waals surface area (Å²) in [7, 11) is 0. The van der Waals surface area contributed by atoms with Gasteiger partial charge in [-0.05, 0) is 24.3 Å². The summed E-state index contributed by atoms with van der Waals surface area (Å²) >= 11 is 0. The summed E-state index contributed by atoms with van der Waals surface area (Å²) < 4.78 is 24.2. The fourth-order valence-corrected chi connectivity index (χ4v) is 3.25. The number of carbonyl (C=O) groups is 2. The Morgan fingerprint density at radius 3 is 2.64 bits per heavy atom. The van der Waals surface area contributed by atoms with Crippen LogP contribution in [0.4, 0.5) is 10.1 Å². The number of carbonyl (C=O) groups excluding carboxylic acids is 2. The van der Waals surface area contributed by atoms with Crippen LogP contribution in [-0.4, -0.2) is 54.5 Å². The highest BCUT2D eigenvalue weighted by Gasteiger charge is 2.24. The second-order valence-corrected chi connectivity index (χ2v) is 6.40. The van der Waals surface area contributed by atoms with Crippen LogP contribution < -0.4 is 4.90 Å². The Morgan fingerprint density at radius 1 is 1.07 bits per heavy atom. The Morgan fingerprint density at radius 2 is 1.86 bits per heavy atom. The number of esters is 1. The Balaban J connectivity index is 1.32. The molecule has 8 heteroatoms. The molecular formula is C20H18FN3O4. The number of aromatic nitrogens is 1. The zero-order valence-corrected chi connectivity index (χ0v) is 15.0. The third kappa shape index (κ3) is 3.53. The highest BCUT2D eigenvalue weighted by atomic mass is 19.1. The minimum absolute atomic E-state index is 0.253. The monoisotopic (exact) mass is 383 g/mol. The normalized spacial score (nSPS) is 14.3. The summed E-state index contributed by atoms with van der Waals surface area (Å²) in [4.78, 5) is 32.2. The molecule has 1 aliphatic heterocycles. The average molecular weight is 383 g/mol. The van der Waals surface area contributed by atoms with E-state index in [1.165, 1.54) is 12.5 Å². The SMILES string of the molecule is O=C(OCC(=O)N1CCN(c2ccccc2F)CC1)c1cccc2ocnc12. The van der Waals surface area contributed by atoms with E-state index in [2.05, 4.69) is 4.98 Å². The summed E-state index contributed by atoms with van der Waals surface area (Å²) in [5.74, 6) is -1.19. The average Bonchev–Trinajstić information content (AvgIpc) is 3.21. The van der Waals surface area contributed by atoms with Crippen LogP contribution in [-0.2, 0) is 9.53 Å². The largest absolute Gasteiger partial charge is 0.452 e. The number of benzene rings is 2. The second-order valence-electron chi connectivity index (χ2n) is 6.40. The molecule has 1 saturated heterocycles. The van der Waals surface area contributed by atoms with Crippen LogP contribution in [0.1, 0.15) is 10.4 Å². The van der Waals surface area contributed by atoms with Gasteiger partial charge in [-0.25, -0.2) is 14.2 Å². The maximum Gasteiger partial charge on any atom is 0.340 e. The minimum atomic E-state index is -0.627. The quantitative estimate of drug-likeness (QED) is 0.645. The van der Waals surface area contributed by atoms with E-state index >= 15 is 0 Å². The molecule has 1 fully saturated rings. The van der Waals surface area contributed by atoms with E-state index < -0.39 is 5.97 Å². The number of hydrogen-bond acceptors (Lipinski definition) is 6. The maximum atomic E-state index is 13.9. The molecule has 4 rings (SSSR count). The van der Waals surface area contributed by atoms with Crippen LogP contribution in [0.5, 0.6) is 0 Å². The fraction of sp³-hybridized carbons (Fsp3) is 0.250. The van der Waals surface area contributed by atoms with Crippen LogP contribution in [0.3, 0.4) is 0 Å². The molecule has 2 heterocycles. The summed E-state index contributed by atoms with van der Waals surface area (Å²) in [6, 6.07) is 11.5. The zero-order chi connectivity index (χ0) is 19.5. The summed E-state index contributed by atoms with van der Waals surface area (Å²) in [5, 5.41) is 0. The van der Waals surface area contributed by atoms with Gasteiger partial charge in [-0.15, -0.1) is 0 Å². The highest BCUT2D eigenvalue weighted by molar-refractivity contribution is 6.01. The molecule has 0 unspecified atom stereocenters. The maximum absolute atomic E-state index is 13.9. The van der Waals surface area contributed by atoms with Crippen LogP contribution in [0.25, 0.3) is 11.1 Å². The number of ether oxygens (including phenoxy) is 1. The molecule has 3 aromatic rings. The van der Waals surface area contributed by atoms with Gasteiger partial charge in [-0.1, -0.05) is 18.2 Å². The molecule has 0 spiro atoms. The first-order chi connectivity index (χ1) is 13.6. The first-order valence-electron chi connectivity index (χ1n) is 8.90. The van der Waals surface area contributed by atoms with E-state index in [4.69, 9.17) is 9.15 Å². The van der Waals surface area contributed by atoms with Crippen molar-refractivity contribution in [2.24, 2.45) is 0 Å². The molecule has 144 valence electrons. The number of fused-ring (bicyclic) bond motifs is 1. The molecule has 1 aromatic heterocycles. The lowest BCUT2D eigenvalue weighted by atomic mass is 10.2. The first kappa shape index (κ1) is 18.0. The van der Waals surface area contributed by atoms with Gasteiger partial charge in [0, 0.05) is 26.2 Å². The van der Waals surface area contributed by atoms with Gasteiger partial charge < -0.3 is 19.0 Å². The number of oxazole rings is 1. The second kappa shape index (κ2) is 7.67. The van der Waals surface area contributed by atoms with E-state index in [-0.39, 0.29) is 23.9 Å². The van der Waals surface area contributed by atoms with Crippen molar-refractivity contribution in [3.8, 4) is 0 Å². The van der Waals surface area contributed by atoms with Gasteiger partial charge in [0.1, 0.15) is 11.3 Å². The third-order valence-corrected chi connectivity index (χ3v) is 4.73. The zero-order valence-electron chi connectivity index (χ0n) is 15.0. The van der Waals surface area contributed by atoms with E-state index in [1.807, 2.05) is 4.90 Å². The van der Waals surface area contributed by atoms with Crippen molar-refractivity contribution in [1.29, 1.82) is 0 Å². The molecule has 7 nitrogen and oxygen atoms in total. The van der Waals surface area contributed by atoms with Gasteiger partial charge in [0.2, 0.25) is 0 Å². The number of halogens is 1. The van der Waals surface area contributed by atoms with E-state index in [1.54, 1.807) is 41.3 Å². The van der Waals surface area contributed by atoms with Gasteiger partial charge in [0.15, 0.2) is 18.6 Å². The fourth-order valence-electron chi connectivity index (χ4n) is 3.25. The molecule has 2 aromatic carbocycles. The predicted molar refractivity (Wildman–Crippen MR) is 99.5 cm³/mol. The Labute approximate surface area is 160 Å². The summed E-state index contributed by atoms with van der Waals surface area (Å²) in [6.45, 7) is 1.54. The standard InChI is InChI=1S/C20H18FN3O4/c21-15-5-1-2-6-16(15)23-8-10-24(11-9-23)18(25)12-27-20(26)14-4-3-7-17-19(14)22-13-28-17/h1-7,13H,8-12H2. The van der Waals surface area contributed by atoms with E-state index in [0.717, 1.165) is 0 Å². The van der Waals surface area contributed by atoms with Crippen molar-refractivity contribution in [1.82, 2.24) is 9.88 Å². The number of nitrogens with zero attached hydrogens (tertiary/aromatic N) is 3.